The Labute approximate surface area is 358 Å². The SMILES string of the molecule is CCOC(=O)CCC(=O)N(CC)CCN(Cc1cccc(C(=O)Nc2sc3c(c2C(=O)Nc2ccc(CCc4ccc(C(=O)OC)cc4)cc2)CCCC3)c1)C(CC)CC. The lowest BCUT2D eigenvalue weighted by Gasteiger charge is -2.33. The van der Waals surface area contributed by atoms with Gasteiger partial charge < -0.3 is 25.0 Å². The molecule has 0 unspecified atom stereocenters. The van der Waals surface area contributed by atoms with Crippen molar-refractivity contribution in [2.24, 2.45) is 0 Å². The molecule has 5 rings (SSSR count). The van der Waals surface area contributed by atoms with Crippen molar-refractivity contribution in [2.75, 3.05) is 44.0 Å². The third kappa shape index (κ3) is 12.6. The molecule has 11 nitrogen and oxygen atoms in total. The molecule has 4 aromatic rings. The van der Waals surface area contributed by atoms with Crippen LogP contribution in [0.2, 0.25) is 0 Å². The Morgan fingerprint density at radius 3 is 2.08 bits per heavy atom. The molecule has 1 aliphatic carbocycles. The standard InChI is InChI=1S/C48H60N4O7S/c1-6-39(7-2)52(30-29-51(8-3)42(53)27-28-43(54)59-9-4)32-35-13-12-14-37(31-35)45(55)50-47-44(40-15-10-11-16-41(40)60-47)46(56)49-38-25-21-34(22-26-38)18-17-33-19-23-36(24-20-33)48(57)58-5/h12-14,19-26,31,39H,6-11,15-18,27-30,32H2,1-5H3,(H,49,56)(H,50,55). The fraction of sp³-hybridized carbons (Fsp3) is 0.438. The summed E-state index contributed by atoms with van der Waals surface area (Å²) in [7, 11) is 1.37. The lowest BCUT2D eigenvalue weighted by atomic mass is 9.95. The van der Waals surface area contributed by atoms with Crippen molar-refractivity contribution in [3.8, 4) is 0 Å². The number of esters is 2. The molecule has 3 aromatic carbocycles. The average molecular weight is 837 g/mol. The number of carbonyl (C=O) groups excluding carboxylic acids is 5. The number of methoxy groups -OCH3 is 1. The molecule has 3 amide bonds. The predicted octanol–water partition coefficient (Wildman–Crippen LogP) is 8.89. The average Bonchev–Trinajstić information content (AvgIpc) is 3.63. The molecule has 0 saturated carbocycles. The Morgan fingerprint density at radius 2 is 1.43 bits per heavy atom. The van der Waals surface area contributed by atoms with Gasteiger partial charge in [-0.3, -0.25) is 24.1 Å². The van der Waals surface area contributed by atoms with Crippen LogP contribution in [0.4, 0.5) is 10.7 Å². The summed E-state index contributed by atoms with van der Waals surface area (Å²) in [5.74, 6) is -1.29. The van der Waals surface area contributed by atoms with Gasteiger partial charge in [0.25, 0.3) is 11.8 Å². The van der Waals surface area contributed by atoms with Gasteiger partial charge in [0.2, 0.25) is 5.91 Å². The molecule has 1 aromatic heterocycles. The number of fused-ring (bicyclic) bond motifs is 1. The molecule has 0 spiro atoms. The second-order valence-electron chi connectivity index (χ2n) is 15.1. The van der Waals surface area contributed by atoms with Crippen molar-refractivity contribution in [3.05, 3.63) is 117 Å². The van der Waals surface area contributed by atoms with E-state index in [1.165, 1.54) is 18.4 Å². The smallest absolute Gasteiger partial charge is 0.337 e. The van der Waals surface area contributed by atoms with Crippen molar-refractivity contribution in [1.29, 1.82) is 0 Å². The van der Waals surface area contributed by atoms with E-state index >= 15 is 0 Å². The minimum absolute atomic E-state index is 0.0658. The van der Waals surface area contributed by atoms with E-state index in [0.29, 0.717) is 60.2 Å². The molecule has 0 bridgehead atoms. The summed E-state index contributed by atoms with van der Waals surface area (Å²) in [5, 5.41) is 6.78. The number of hydrogen-bond donors (Lipinski definition) is 2. The molecular weight excluding hydrogens is 777 g/mol. The largest absolute Gasteiger partial charge is 0.466 e. The number of amides is 3. The lowest BCUT2D eigenvalue weighted by molar-refractivity contribution is -0.145. The summed E-state index contributed by atoms with van der Waals surface area (Å²) in [6.07, 6.45) is 7.38. The molecule has 0 fully saturated rings. The molecule has 60 heavy (non-hydrogen) atoms. The van der Waals surface area contributed by atoms with Gasteiger partial charge in [0, 0.05) is 54.8 Å². The van der Waals surface area contributed by atoms with Gasteiger partial charge in [-0.1, -0.05) is 50.2 Å². The van der Waals surface area contributed by atoms with E-state index in [1.807, 2.05) is 61.5 Å². The van der Waals surface area contributed by atoms with Crippen molar-refractivity contribution in [1.82, 2.24) is 9.80 Å². The van der Waals surface area contributed by atoms with E-state index in [4.69, 9.17) is 9.47 Å². The number of nitrogens with zero attached hydrogens (tertiary/aromatic N) is 2. The zero-order valence-electron chi connectivity index (χ0n) is 35.8. The highest BCUT2D eigenvalue weighted by atomic mass is 32.1. The number of carbonyl (C=O) groups is 5. The topological polar surface area (TPSA) is 134 Å². The Hall–Kier alpha value is -5.33. The maximum atomic E-state index is 14.0. The van der Waals surface area contributed by atoms with Crippen LogP contribution in [0.3, 0.4) is 0 Å². The molecule has 0 atom stereocenters. The van der Waals surface area contributed by atoms with Crippen LogP contribution in [-0.4, -0.2) is 78.9 Å². The summed E-state index contributed by atoms with van der Waals surface area (Å²) < 4.78 is 9.79. The van der Waals surface area contributed by atoms with Crippen molar-refractivity contribution >= 4 is 51.7 Å². The van der Waals surface area contributed by atoms with Crippen LogP contribution < -0.4 is 10.6 Å². The van der Waals surface area contributed by atoms with Crippen LogP contribution in [0.5, 0.6) is 0 Å². The normalized spacial score (nSPS) is 12.2. The van der Waals surface area contributed by atoms with Gasteiger partial charge in [0.15, 0.2) is 0 Å². The van der Waals surface area contributed by atoms with Crippen LogP contribution in [-0.2, 0) is 51.3 Å². The number of thiophene rings is 1. The van der Waals surface area contributed by atoms with Gasteiger partial charge in [0.1, 0.15) is 5.00 Å². The number of likely N-dealkylation sites (N-methyl/N-ethyl adjacent to an activating group) is 1. The second-order valence-corrected chi connectivity index (χ2v) is 16.2. The molecule has 1 heterocycles. The lowest BCUT2D eigenvalue weighted by Crippen LogP contribution is -2.42. The zero-order valence-corrected chi connectivity index (χ0v) is 36.6. The third-order valence-electron chi connectivity index (χ3n) is 11.2. The third-order valence-corrected chi connectivity index (χ3v) is 12.4. The Bertz CT molecular complexity index is 2070. The van der Waals surface area contributed by atoms with E-state index in [1.54, 1.807) is 30.0 Å². The summed E-state index contributed by atoms with van der Waals surface area (Å²) in [6, 6.07) is 23.2. The van der Waals surface area contributed by atoms with Crippen LogP contribution in [0, 0.1) is 0 Å². The molecule has 0 aliphatic heterocycles. The second kappa shape index (κ2) is 22.9. The number of aryl methyl sites for hydroxylation is 3. The molecular formula is C48H60N4O7S. The van der Waals surface area contributed by atoms with Gasteiger partial charge in [-0.2, -0.15) is 0 Å². The first kappa shape index (κ1) is 45.7. The highest BCUT2D eigenvalue weighted by Gasteiger charge is 2.27. The Morgan fingerprint density at radius 1 is 0.750 bits per heavy atom. The quantitative estimate of drug-likeness (QED) is 0.0796. The molecule has 0 saturated heterocycles. The van der Waals surface area contributed by atoms with Crippen LogP contribution in [0.25, 0.3) is 0 Å². The van der Waals surface area contributed by atoms with E-state index in [0.717, 1.165) is 78.5 Å². The number of ether oxygens (including phenoxy) is 2. The number of hydrogen-bond acceptors (Lipinski definition) is 9. The number of benzene rings is 3. The van der Waals surface area contributed by atoms with E-state index in [-0.39, 0.29) is 48.5 Å². The molecule has 320 valence electrons. The predicted molar refractivity (Wildman–Crippen MR) is 238 cm³/mol. The van der Waals surface area contributed by atoms with Gasteiger partial charge in [-0.05, 0) is 124 Å². The monoisotopic (exact) mass is 836 g/mol. The minimum atomic E-state index is -0.361. The highest BCUT2D eigenvalue weighted by molar-refractivity contribution is 7.17. The minimum Gasteiger partial charge on any atom is -0.466 e. The molecule has 0 radical (unpaired) electrons. The van der Waals surface area contributed by atoms with Gasteiger partial charge >= 0.3 is 11.9 Å². The molecule has 12 heteroatoms. The fourth-order valence-electron chi connectivity index (χ4n) is 7.78. The summed E-state index contributed by atoms with van der Waals surface area (Å²) in [6.45, 7) is 10.7. The van der Waals surface area contributed by atoms with E-state index in [2.05, 4.69) is 29.4 Å². The molecule has 1 aliphatic rings. The van der Waals surface area contributed by atoms with Gasteiger partial charge in [-0.25, -0.2) is 4.79 Å². The maximum absolute atomic E-state index is 14.0. The fourth-order valence-corrected chi connectivity index (χ4v) is 9.06. The first-order valence-electron chi connectivity index (χ1n) is 21.4. The number of anilines is 2. The van der Waals surface area contributed by atoms with Crippen molar-refractivity contribution < 1.29 is 33.4 Å². The van der Waals surface area contributed by atoms with Crippen molar-refractivity contribution in [3.63, 3.8) is 0 Å². The molecule has 2 N–H and O–H groups in total. The first-order chi connectivity index (χ1) is 29.1. The Balaban J connectivity index is 1.24. The van der Waals surface area contributed by atoms with Crippen LogP contribution >= 0.6 is 11.3 Å². The maximum Gasteiger partial charge on any atom is 0.337 e. The Kier molecular flexibility index (Phi) is 17.4. The summed E-state index contributed by atoms with van der Waals surface area (Å²) >= 11 is 1.50. The highest BCUT2D eigenvalue weighted by Crippen LogP contribution is 2.39. The zero-order chi connectivity index (χ0) is 43.0. The van der Waals surface area contributed by atoms with E-state index < -0.39 is 0 Å². The summed E-state index contributed by atoms with van der Waals surface area (Å²) in [4.78, 5) is 69.8. The number of nitrogens with one attached hydrogen (secondary N) is 2. The first-order valence-corrected chi connectivity index (χ1v) is 22.2. The van der Waals surface area contributed by atoms with Crippen LogP contribution in [0.1, 0.15) is 124 Å². The number of rotatable bonds is 21. The van der Waals surface area contributed by atoms with E-state index in [9.17, 15) is 24.0 Å². The van der Waals surface area contributed by atoms with Crippen LogP contribution in [0.15, 0.2) is 72.8 Å². The van der Waals surface area contributed by atoms with Gasteiger partial charge in [0.05, 0.1) is 31.3 Å². The van der Waals surface area contributed by atoms with Gasteiger partial charge in [-0.15, -0.1) is 11.3 Å². The summed E-state index contributed by atoms with van der Waals surface area (Å²) in [5.41, 5.74) is 6.48. The van der Waals surface area contributed by atoms with Crippen molar-refractivity contribution in [2.45, 2.75) is 104 Å².